The van der Waals surface area contributed by atoms with E-state index in [1.807, 2.05) is 45.0 Å². The van der Waals surface area contributed by atoms with Crippen LogP contribution in [0.3, 0.4) is 0 Å². The van der Waals surface area contributed by atoms with Gasteiger partial charge in [-0.15, -0.1) is 0 Å². The Balaban J connectivity index is 1.75. The third-order valence-corrected chi connectivity index (χ3v) is 4.87. The maximum atomic E-state index is 12.6. The van der Waals surface area contributed by atoms with E-state index in [-0.39, 0.29) is 30.1 Å². The van der Waals surface area contributed by atoms with Gasteiger partial charge in [-0.05, 0) is 50.6 Å². The van der Waals surface area contributed by atoms with E-state index in [1.165, 1.54) is 10.7 Å². The Bertz CT molecular complexity index is 1050. The maximum absolute atomic E-state index is 12.6. The van der Waals surface area contributed by atoms with E-state index in [0.717, 1.165) is 11.3 Å². The van der Waals surface area contributed by atoms with Crippen molar-refractivity contribution >= 4 is 5.91 Å². The fourth-order valence-electron chi connectivity index (χ4n) is 2.99. The number of methoxy groups -OCH3 is 1. The molecular weight excluding hydrogens is 382 g/mol. The highest BCUT2D eigenvalue weighted by molar-refractivity contribution is 5.93. The molecule has 0 aliphatic carbocycles. The van der Waals surface area contributed by atoms with Gasteiger partial charge in [-0.2, -0.15) is 10.2 Å². The lowest BCUT2D eigenvalue weighted by atomic mass is 10.1. The molecule has 8 heteroatoms. The molecule has 0 bridgehead atoms. The van der Waals surface area contributed by atoms with Gasteiger partial charge in [0.1, 0.15) is 5.75 Å². The molecule has 0 aliphatic heterocycles. The van der Waals surface area contributed by atoms with Crippen molar-refractivity contribution < 1.29 is 9.53 Å². The molecule has 30 heavy (non-hydrogen) atoms. The molecule has 0 fully saturated rings. The van der Waals surface area contributed by atoms with Gasteiger partial charge in [-0.1, -0.05) is 6.92 Å². The Morgan fingerprint density at radius 2 is 1.90 bits per heavy atom. The van der Waals surface area contributed by atoms with Crippen LogP contribution in [0.1, 0.15) is 43.6 Å². The van der Waals surface area contributed by atoms with Crippen LogP contribution in [0.25, 0.3) is 11.3 Å². The molecule has 8 nitrogen and oxygen atoms in total. The summed E-state index contributed by atoms with van der Waals surface area (Å²) in [7, 11) is 1.61. The van der Waals surface area contributed by atoms with Crippen LogP contribution < -0.4 is 15.6 Å². The number of carbonyl (C=O) groups excluding carboxylic acids is 1. The first-order chi connectivity index (χ1) is 14.4. The Morgan fingerprint density at radius 3 is 2.50 bits per heavy atom. The van der Waals surface area contributed by atoms with Gasteiger partial charge in [0.05, 0.1) is 31.1 Å². The van der Waals surface area contributed by atoms with Crippen molar-refractivity contribution in [3.63, 3.8) is 0 Å². The molecule has 1 N–H and O–H groups in total. The number of ether oxygens (including phenoxy) is 1. The highest BCUT2D eigenvalue weighted by Gasteiger charge is 2.16. The number of carbonyl (C=O) groups is 1. The Kier molecular flexibility index (Phi) is 6.66. The predicted molar refractivity (Wildman–Crippen MR) is 115 cm³/mol. The van der Waals surface area contributed by atoms with Crippen LogP contribution in [0, 0.1) is 0 Å². The molecule has 1 amide bonds. The molecule has 1 atom stereocenters. The van der Waals surface area contributed by atoms with Gasteiger partial charge in [-0.25, -0.2) is 4.68 Å². The molecule has 0 radical (unpaired) electrons. The van der Waals surface area contributed by atoms with Crippen LogP contribution in [0.15, 0.2) is 53.6 Å². The maximum Gasteiger partial charge on any atom is 0.266 e. The van der Waals surface area contributed by atoms with Crippen LogP contribution >= 0.6 is 0 Å². The normalized spacial score (nSPS) is 12.0. The summed E-state index contributed by atoms with van der Waals surface area (Å²) in [5.41, 5.74) is 1.83. The molecule has 0 aliphatic rings. The summed E-state index contributed by atoms with van der Waals surface area (Å²) in [5.74, 6) is 0.537. The average molecular weight is 409 g/mol. The van der Waals surface area contributed by atoms with Gasteiger partial charge in [0.2, 0.25) is 0 Å². The van der Waals surface area contributed by atoms with Gasteiger partial charge in [-0.3, -0.25) is 14.3 Å². The lowest BCUT2D eigenvalue weighted by molar-refractivity contribution is 0.0930. The minimum absolute atomic E-state index is 0.178. The molecule has 3 rings (SSSR count). The molecule has 1 aromatic carbocycles. The zero-order chi connectivity index (χ0) is 21.7. The van der Waals surface area contributed by atoms with Crippen molar-refractivity contribution in [1.82, 2.24) is 24.9 Å². The van der Waals surface area contributed by atoms with Crippen molar-refractivity contribution in [2.24, 2.45) is 0 Å². The number of benzene rings is 1. The summed E-state index contributed by atoms with van der Waals surface area (Å²) in [5, 5.41) is 11.7. The second-order valence-corrected chi connectivity index (χ2v) is 7.35. The Labute approximate surface area is 175 Å². The first kappa shape index (κ1) is 21.3. The van der Waals surface area contributed by atoms with E-state index in [2.05, 4.69) is 15.5 Å². The highest BCUT2D eigenvalue weighted by atomic mass is 16.5. The van der Waals surface area contributed by atoms with E-state index < -0.39 is 0 Å². The molecule has 0 saturated carbocycles. The minimum Gasteiger partial charge on any atom is -0.497 e. The first-order valence-corrected chi connectivity index (χ1v) is 9.99. The Morgan fingerprint density at radius 1 is 1.17 bits per heavy atom. The van der Waals surface area contributed by atoms with Crippen molar-refractivity contribution in [3.8, 4) is 17.0 Å². The average Bonchev–Trinajstić information content (AvgIpc) is 3.25. The molecule has 2 aromatic heterocycles. The summed E-state index contributed by atoms with van der Waals surface area (Å²) < 4.78 is 8.31. The Hall–Kier alpha value is -3.42. The molecule has 158 valence electrons. The lowest BCUT2D eigenvalue weighted by Crippen LogP contribution is -2.40. The zero-order valence-corrected chi connectivity index (χ0v) is 17.7. The molecule has 0 unspecified atom stereocenters. The summed E-state index contributed by atoms with van der Waals surface area (Å²) in [4.78, 5) is 24.9. The van der Waals surface area contributed by atoms with E-state index in [4.69, 9.17) is 4.74 Å². The van der Waals surface area contributed by atoms with Crippen molar-refractivity contribution in [3.05, 3.63) is 64.7 Å². The van der Waals surface area contributed by atoms with Gasteiger partial charge in [0, 0.05) is 29.9 Å². The fourth-order valence-corrected chi connectivity index (χ4v) is 2.99. The number of aromatic nitrogens is 4. The van der Waals surface area contributed by atoms with Crippen LogP contribution in [-0.2, 0) is 6.54 Å². The quantitative estimate of drug-likeness (QED) is 0.618. The smallest absolute Gasteiger partial charge is 0.266 e. The SMILES string of the molecule is CC[C@H](Cn1nc(-c2ccc(OC)cc2)ccc1=O)NC(=O)c1cnn(C(C)C)c1. The minimum atomic E-state index is -0.240. The third-order valence-electron chi connectivity index (χ3n) is 4.87. The van der Waals surface area contributed by atoms with Gasteiger partial charge < -0.3 is 10.1 Å². The van der Waals surface area contributed by atoms with Crippen LogP contribution in [0.2, 0.25) is 0 Å². The number of hydrogen-bond acceptors (Lipinski definition) is 5. The molecule has 3 aromatic rings. The van der Waals surface area contributed by atoms with Crippen molar-refractivity contribution in [2.75, 3.05) is 7.11 Å². The summed E-state index contributed by atoms with van der Waals surface area (Å²) in [6.45, 7) is 6.24. The molecular formula is C22H27N5O3. The first-order valence-electron chi connectivity index (χ1n) is 9.99. The molecule has 0 saturated heterocycles. The van der Waals surface area contributed by atoms with Gasteiger partial charge >= 0.3 is 0 Å². The second kappa shape index (κ2) is 9.39. The number of amides is 1. The van der Waals surface area contributed by atoms with E-state index in [9.17, 15) is 9.59 Å². The predicted octanol–water partition coefficient (Wildman–Crippen LogP) is 2.90. The lowest BCUT2D eigenvalue weighted by Gasteiger charge is -2.17. The number of nitrogens with zero attached hydrogens (tertiary/aromatic N) is 4. The van der Waals surface area contributed by atoms with Gasteiger partial charge in [0.25, 0.3) is 11.5 Å². The third kappa shape index (κ3) is 4.94. The fraction of sp³-hybridized carbons (Fsp3) is 0.364. The topological polar surface area (TPSA) is 91.0 Å². The summed E-state index contributed by atoms with van der Waals surface area (Å²) >= 11 is 0. The van der Waals surface area contributed by atoms with Gasteiger partial charge in [0.15, 0.2) is 0 Å². The van der Waals surface area contributed by atoms with Crippen LogP contribution in [0.5, 0.6) is 5.75 Å². The van der Waals surface area contributed by atoms with Crippen LogP contribution in [-0.4, -0.2) is 38.6 Å². The monoisotopic (exact) mass is 409 g/mol. The van der Waals surface area contributed by atoms with E-state index in [1.54, 1.807) is 30.3 Å². The van der Waals surface area contributed by atoms with E-state index in [0.29, 0.717) is 17.7 Å². The standard InChI is InChI=1S/C22H27N5O3/c1-5-18(24-22(29)17-12-23-26(13-17)15(2)3)14-27-21(28)11-10-20(25-27)16-6-8-19(30-4)9-7-16/h6-13,15,18H,5,14H2,1-4H3,(H,24,29)/t18-/m1/s1. The molecule has 2 heterocycles. The van der Waals surface area contributed by atoms with E-state index >= 15 is 0 Å². The van der Waals surface area contributed by atoms with Crippen LogP contribution in [0.4, 0.5) is 0 Å². The summed E-state index contributed by atoms with van der Waals surface area (Å²) in [6, 6.07) is 10.6. The van der Waals surface area contributed by atoms with Crippen molar-refractivity contribution in [2.45, 2.75) is 45.8 Å². The highest BCUT2D eigenvalue weighted by Crippen LogP contribution is 2.19. The number of nitrogens with one attached hydrogen (secondary N) is 1. The largest absolute Gasteiger partial charge is 0.497 e. The molecule has 0 spiro atoms. The number of hydrogen-bond donors (Lipinski definition) is 1. The zero-order valence-electron chi connectivity index (χ0n) is 17.7. The summed E-state index contributed by atoms with van der Waals surface area (Å²) in [6.07, 6.45) is 3.93. The second-order valence-electron chi connectivity index (χ2n) is 7.35. The number of rotatable bonds is 8. The van der Waals surface area contributed by atoms with Crippen molar-refractivity contribution in [1.29, 1.82) is 0 Å².